The number of benzene rings is 1. The zero-order chi connectivity index (χ0) is 19.6. The highest BCUT2D eigenvalue weighted by molar-refractivity contribution is 6.15. The summed E-state index contributed by atoms with van der Waals surface area (Å²) in [6, 6.07) is 11.9. The monoisotopic (exact) mass is 390 g/mol. The summed E-state index contributed by atoms with van der Waals surface area (Å²) in [5.74, 6) is 1.03. The van der Waals surface area contributed by atoms with E-state index in [1.54, 1.807) is 0 Å². The number of hydrogen-bond acceptors (Lipinski definition) is 5. The molecule has 29 heavy (non-hydrogen) atoms. The molecular weight excluding hydrogens is 360 g/mol. The first-order valence-corrected chi connectivity index (χ1v) is 10.9. The van der Waals surface area contributed by atoms with Crippen molar-refractivity contribution in [1.82, 2.24) is 9.88 Å². The molecule has 0 radical (unpaired) electrons. The van der Waals surface area contributed by atoms with Gasteiger partial charge in [0.2, 0.25) is 0 Å². The van der Waals surface area contributed by atoms with Crippen molar-refractivity contribution in [2.75, 3.05) is 38.3 Å². The summed E-state index contributed by atoms with van der Waals surface area (Å²) >= 11 is 0. The molecule has 3 aliphatic rings. The van der Waals surface area contributed by atoms with Gasteiger partial charge in [-0.1, -0.05) is 25.0 Å². The van der Waals surface area contributed by atoms with Crippen molar-refractivity contribution in [2.45, 2.75) is 44.8 Å². The molecular formula is C24H30N4O. The van der Waals surface area contributed by atoms with E-state index in [0.29, 0.717) is 0 Å². The van der Waals surface area contributed by atoms with Crippen LogP contribution in [0.5, 0.6) is 0 Å². The van der Waals surface area contributed by atoms with Crippen LogP contribution in [0.15, 0.2) is 41.5 Å². The van der Waals surface area contributed by atoms with Gasteiger partial charge in [0.1, 0.15) is 5.82 Å². The van der Waals surface area contributed by atoms with Gasteiger partial charge < -0.3 is 9.64 Å². The molecule has 2 aliphatic heterocycles. The molecule has 5 nitrogen and oxygen atoms in total. The summed E-state index contributed by atoms with van der Waals surface area (Å²) in [6.07, 6.45) is 7.36. The second-order valence-electron chi connectivity index (χ2n) is 8.51. The highest BCUT2D eigenvalue weighted by Crippen LogP contribution is 2.28. The Kier molecular flexibility index (Phi) is 5.34. The van der Waals surface area contributed by atoms with Gasteiger partial charge in [-0.25, -0.2) is 4.98 Å². The van der Waals surface area contributed by atoms with Crippen molar-refractivity contribution >= 4 is 11.5 Å². The second-order valence-corrected chi connectivity index (χ2v) is 8.51. The number of hydrogen-bond donors (Lipinski definition) is 0. The van der Waals surface area contributed by atoms with Gasteiger partial charge >= 0.3 is 0 Å². The van der Waals surface area contributed by atoms with Crippen LogP contribution in [0.3, 0.4) is 0 Å². The molecule has 2 aromatic rings. The average molecular weight is 391 g/mol. The van der Waals surface area contributed by atoms with E-state index in [0.717, 1.165) is 57.0 Å². The number of aromatic nitrogens is 1. The van der Waals surface area contributed by atoms with Gasteiger partial charge in [0.05, 0.1) is 25.5 Å². The summed E-state index contributed by atoms with van der Waals surface area (Å²) in [5, 5.41) is 0. The number of rotatable bonds is 5. The smallest absolute Gasteiger partial charge is 0.129 e. The van der Waals surface area contributed by atoms with E-state index in [1.165, 1.54) is 47.9 Å². The molecule has 152 valence electrons. The SMILES string of the molecule is CN(Cc1ccc2c(c1)C(c1ccnc(N3CCOCC3)c1)=NC2)C1CCCC1. The lowest BCUT2D eigenvalue weighted by Crippen LogP contribution is -2.36. The quantitative estimate of drug-likeness (QED) is 0.782. The lowest BCUT2D eigenvalue weighted by molar-refractivity contribution is 0.122. The first-order valence-electron chi connectivity index (χ1n) is 10.9. The standard InChI is InChI=1S/C24H30N4O/c1-27(21-4-2-3-5-21)17-18-6-7-20-16-26-24(22(20)14-18)19-8-9-25-23(15-19)28-10-12-29-13-11-28/h6-9,14-15,21H,2-5,10-13,16-17H2,1H3. The molecule has 2 fully saturated rings. The molecule has 1 aliphatic carbocycles. The molecule has 1 saturated heterocycles. The maximum Gasteiger partial charge on any atom is 0.129 e. The van der Waals surface area contributed by atoms with E-state index < -0.39 is 0 Å². The number of pyridine rings is 1. The van der Waals surface area contributed by atoms with Crippen LogP contribution in [0.4, 0.5) is 5.82 Å². The van der Waals surface area contributed by atoms with Gasteiger partial charge in [0.15, 0.2) is 0 Å². The Hall–Kier alpha value is -2.24. The third-order valence-corrected chi connectivity index (χ3v) is 6.57. The first kappa shape index (κ1) is 18.8. The van der Waals surface area contributed by atoms with Crippen LogP contribution >= 0.6 is 0 Å². The second kappa shape index (κ2) is 8.25. The summed E-state index contributed by atoms with van der Waals surface area (Å²) < 4.78 is 5.48. The van der Waals surface area contributed by atoms with Crippen LogP contribution in [0.25, 0.3) is 0 Å². The van der Waals surface area contributed by atoms with Crippen LogP contribution < -0.4 is 4.90 Å². The van der Waals surface area contributed by atoms with E-state index in [1.807, 2.05) is 6.20 Å². The maximum atomic E-state index is 5.48. The Bertz CT molecular complexity index is 898. The third-order valence-electron chi connectivity index (χ3n) is 6.57. The van der Waals surface area contributed by atoms with E-state index in [9.17, 15) is 0 Å². The van der Waals surface area contributed by atoms with Crippen molar-refractivity contribution in [3.05, 3.63) is 58.8 Å². The van der Waals surface area contributed by atoms with Crippen LogP contribution in [0.1, 0.15) is 47.9 Å². The average Bonchev–Trinajstić information content (AvgIpc) is 3.45. The molecule has 0 N–H and O–H groups in total. The predicted molar refractivity (Wildman–Crippen MR) is 117 cm³/mol. The van der Waals surface area contributed by atoms with Crippen molar-refractivity contribution in [3.8, 4) is 0 Å². The molecule has 5 rings (SSSR count). The highest BCUT2D eigenvalue weighted by Gasteiger charge is 2.22. The maximum absolute atomic E-state index is 5.48. The van der Waals surface area contributed by atoms with Crippen molar-refractivity contribution in [1.29, 1.82) is 0 Å². The number of fused-ring (bicyclic) bond motifs is 1. The van der Waals surface area contributed by atoms with Crippen LogP contribution in [0.2, 0.25) is 0 Å². The number of nitrogens with zero attached hydrogens (tertiary/aromatic N) is 4. The van der Waals surface area contributed by atoms with Gasteiger partial charge in [0.25, 0.3) is 0 Å². The van der Waals surface area contributed by atoms with Crippen LogP contribution in [-0.2, 0) is 17.8 Å². The number of aliphatic imine (C=N–C) groups is 1. The molecule has 0 unspecified atom stereocenters. The predicted octanol–water partition coefficient (Wildman–Crippen LogP) is 3.64. The van der Waals surface area contributed by atoms with E-state index in [-0.39, 0.29) is 0 Å². The molecule has 0 spiro atoms. The largest absolute Gasteiger partial charge is 0.378 e. The minimum atomic E-state index is 0.743. The normalized spacial score (nSPS) is 19.7. The van der Waals surface area contributed by atoms with E-state index >= 15 is 0 Å². The zero-order valence-corrected chi connectivity index (χ0v) is 17.3. The Morgan fingerprint density at radius 2 is 1.93 bits per heavy atom. The molecule has 1 saturated carbocycles. The Balaban J connectivity index is 1.37. The fourth-order valence-corrected chi connectivity index (χ4v) is 4.87. The molecule has 0 amide bonds. The van der Waals surface area contributed by atoms with Gasteiger partial charge in [-0.05, 0) is 49.2 Å². The van der Waals surface area contributed by atoms with Gasteiger partial charge in [-0.3, -0.25) is 9.89 Å². The Labute approximate surface area is 173 Å². The summed E-state index contributed by atoms with van der Waals surface area (Å²) in [6.45, 7) is 5.13. The van der Waals surface area contributed by atoms with E-state index in [2.05, 4.69) is 52.2 Å². The fourth-order valence-electron chi connectivity index (χ4n) is 4.87. The van der Waals surface area contributed by atoms with Gasteiger partial charge in [0, 0.05) is 43.0 Å². The Morgan fingerprint density at radius 3 is 2.76 bits per heavy atom. The molecule has 3 heterocycles. The molecule has 0 bridgehead atoms. The lowest BCUT2D eigenvalue weighted by atomic mass is 9.98. The van der Waals surface area contributed by atoms with Crippen molar-refractivity contribution < 1.29 is 4.74 Å². The van der Waals surface area contributed by atoms with Crippen LogP contribution in [0, 0.1) is 0 Å². The number of anilines is 1. The molecule has 5 heteroatoms. The summed E-state index contributed by atoms with van der Waals surface area (Å²) in [4.78, 5) is 14.3. The van der Waals surface area contributed by atoms with Crippen molar-refractivity contribution in [2.24, 2.45) is 4.99 Å². The molecule has 0 atom stereocenters. The zero-order valence-electron chi connectivity index (χ0n) is 17.3. The fraction of sp³-hybridized carbons (Fsp3) is 0.500. The number of ether oxygens (including phenoxy) is 1. The summed E-state index contributed by atoms with van der Waals surface area (Å²) in [7, 11) is 2.27. The van der Waals surface area contributed by atoms with Gasteiger partial charge in [-0.15, -0.1) is 0 Å². The summed E-state index contributed by atoms with van der Waals surface area (Å²) in [5.41, 5.74) is 6.29. The van der Waals surface area contributed by atoms with Gasteiger partial charge in [-0.2, -0.15) is 0 Å². The third kappa shape index (κ3) is 3.94. The lowest BCUT2D eigenvalue weighted by Gasteiger charge is -2.28. The topological polar surface area (TPSA) is 41.0 Å². The number of morpholine rings is 1. The minimum Gasteiger partial charge on any atom is -0.378 e. The Morgan fingerprint density at radius 1 is 1.10 bits per heavy atom. The van der Waals surface area contributed by atoms with Crippen molar-refractivity contribution in [3.63, 3.8) is 0 Å². The van der Waals surface area contributed by atoms with E-state index in [4.69, 9.17) is 9.73 Å². The first-order chi connectivity index (χ1) is 14.3. The molecule has 1 aromatic carbocycles. The molecule has 1 aromatic heterocycles. The minimum absolute atomic E-state index is 0.743. The van der Waals surface area contributed by atoms with Crippen LogP contribution in [-0.4, -0.2) is 55.0 Å². The highest BCUT2D eigenvalue weighted by atomic mass is 16.5.